The number of piperazine rings is 1. The highest BCUT2D eigenvalue weighted by Crippen LogP contribution is 2.23. The molecule has 1 N–H and O–H groups in total. The Balaban J connectivity index is 1.49. The number of methoxy groups -OCH3 is 1. The molecular weight excluding hydrogens is 360 g/mol. The standard InChI is InChI=1S/C20H24N4O4/c1-28-19-8-7-17(24(26)27)15-18(19)20(25)21-9-10-22-11-13-23(14-12-22)16-5-3-2-4-6-16/h2-8,15H,9-14H2,1H3,(H,21,25). The number of carbonyl (C=O) groups is 1. The minimum Gasteiger partial charge on any atom is -0.496 e. The first-order valence-corrected chi connectivity index (χ1v) is 9.21. The number of hydrogen-bond donors (Lipinski definition) is 1. The monoisotopic (exact) mass is 384 g/mol. The van der Waals surface area contributed by atoms with Crippen LogP contribution in [0.15, 0.2) is 48.5 Å². The second-order valence-electron chi connectivity index (χ2n) is 6.56. The Kier molecular flexibility index (Phi) is 6.44. The van der Waals surface area contributed by atoms with Crippen molar-refractivity contribution in [3.8, 4) is 5.75 Å². The first-order valence-electron chi connectivity index (χ1n) is 9.21. The van der Waals surface area contributed by atoms with E-state index in [-0.39, 0.29) is 17.2 Å². The van der Waals surface area contributed by atoms with Crippen LogP contribution >= 0.6 is 0 Å². The summed E-state index contributed by atoms with van der Waals surface area (Å²) in [5.74, 6) is -0.0527. The van der Waals surface area contributed by atoms with Gasteiger partial charge < -0.3 is 15.0 Å². The quantitative estimate of drug-likeness (QED) is 0.581. The van der Waals surface area contributed by atoms with Gasteiger partial charge in [-0.3, -0.25) is 19.8 Å². The summed E-state index contributed by atoms with van der Waals surface area (Å²) >= 11 is 0. The molecule has 2 aromatic carbocycles. The minimum absolute atomic E-state index is 0.136. The van der Waals surface area contributed by atoms with Gasteiger partial charge in [0.25, 0.3) is 11.6 Å². The molecule has 0 aliphatic carbocycles. The second-order valence-corrected chi connectivity index (χ2v) is 6.56. The van der Waals surface area contributed by atoms with E-state index in [2.05, 4.69) is 27.2 Å². The predicted octanol–water partition coefficient (Wildman–Crippen LogP) is 2.16. The molecule has 1 aliphatic heterocycles. The molecule has 28 heavy (non-hydrogen) atoms. The minimum atomic E-state index is -0.525. The number of anilines is 1. The fraction of sp³-hybridized carbons (Fsp3) is 0.350. The number of benzene rings is 2. The number of amides is 1. The number of carbonyl (C=O) groups excluding carboxylic acids is 1. The van der Waals surface area contributed by atoms with Crippen molar-refractivity contribution in [1.29, 1.82) is 0 Å². The van der Waals surface area contributed by atoms with Gasteiger partial charge in [-0.25, -0.2) is 0 Å². The van der Waals surface area contributed by atoms with Gasteiger partial charge in [0, 0.05) is 57.1 Å². The van der Waals surface area contributed by atoms with Gasteiger partial charge in [0.1, 0.15) is 5.75 Å². The van der Waals surface area contributed by atoms with Crippen molar-refractivity contribution < 1.29 is 14.5 Å². The fourth-order valence-corrected chi connectivity index (χ4v) is 3.28. The van der Waals surface area contributed by atoms with E-state index in [0.717, 1.165) is 32.7 Å². The lowest BCUT2D eigenvalue weighted by molar-refractivity contribution is -0.384. The molecule has 0 atom stereocenters. The molecule has 0 radical (unpaired) electrons. The van der Waals surface area contributed by atoms with Gasteiger partial charge in [0.2, 0.25) is 0 Å². The summed E-state index contributed by atoms with van der Waals surface area (Å²) in [4.78, 5) is 27.5. The van der Waals surface area contributed by atoms with Gasteiger partial charge in [0.05, 0.1) is 17.6 Å². The lowest BCUT2D eigenvalue weighted by Crippen LogP contribution is -2.48. The van der Waals surface area contributed by atoms with Gasteiger partial charge >= 0.3 is 0 Å². The fourth-order valence-electron chi connectivity index (χ4n) is 3.28. The van der Waals surface area contributed by atoms with E-state index >= 15 is 0 Å². The Labute approximate surface area is 163 Å². The van der Waals surface area contributed by atoms with Crippen molar-refractivity contribution in [3.05, 3.63) is 64.2 Å². The zero-order valence-electron chi connectivity index (χ0n) is 15.8. The molecule has 148 valence electrons. The van der Waals surface area contributed by atoms with Gasteiger partial charge in [-0.2, -0.15) is 0 Å². The molecule has 2 aromatic rings. The zero-order valence-corrected chi connectivity index (χ0v) is 15.8. The smallest absolute Gasteiger partial charge is 0.270 e. The molecule has 8 heteroatoms. The van der Waals surface area contributed by atoms with Crippen molar-refractivity contribution in [2.24, 2.45) is 0 Å². The Morgan fingerprint density at radius 1 is 1.14 bits per heavy atom. The number of para-hydroxylation sites is 1. The number of nitro groups is 1. The average Bonchev–Trinajstić information content (AvgIpc) is 2.74. The topological polar surface area (TPSA) is 87.9 Å². The van der Waals surface area contributed by atoms with E-state index in [4.69, 9.17) is 4.74 Å². The number of ether oxygens (including phenoxy) is 1. The molecule has 1 heterocycles. The first-order chi connectivity index (χ1) is 13.6. The summed E-state index contributed by atoms with van der Waals surface area (Å²) in [7, 11) is 1.43. The van der Waals surface area contributed by atoms with E-state index in [1.165, 1.54) is 31.0 Å². The maximum Gasteiger partial charge on any atom is 0.270 e. The van der Waals surface area contributed by atoms with Gasteiger partial charge in [-0.05, 0) is 18.2 Å². The molecule has 0 aromatic heterocycles. The van der Waals surface area contributed by atoms with Crippen LogP contribution in [0.5, 0.6) is 5.75 Å². The molecule has 8 nitrogen and oxygen atoms in total. The van der Waals surface area contributed by atoms with Crippen LogP contribution in [0.3, 0.4) is 0 Å². The summed E-state index contributed by atoms with van der Waals surface area (Å²) in [6.45, 7) is 4.92. The van der Waals surface area contributed by atoms with E-state index < -0.39 is 4.92 Å². The summed E-state index contributed by atoms with van der Waals surface area (Å²) in [5.41, 5.74) is 1.27. The average molecular weight is 384 g/mol. The molecular formula is C20H24N4O4. The molecule has 1 saturated heterocycles. The third-order valence-corrected chi connectivity index (χ3v) is 4.85. The third-order valence-electron chi connectivity index (χ3n) is 4.85. The van der Waals surface area contributed by atoms with Crippen LogP contribution < -0.4 is 15.0 Å². The molecule has 0 saturated carbocycles. The Morgan fingerprint density at radius 2 is 1.86 bits per heavy atom. The normalized spacial score (nSPS) is 14.5. The van der Waals surface area contributed by atoms with Crippen LogP contribution in [-0.2, 0) is 0 Å². The second kappa shape index (κ2) is 9.18. The van der Waals surface area contributed by atoms with Gasteiger partial charge in [-0.1, -0.05) is 18.2 Å². The summed E-state index contributed by atoms with van der Waals surface area (Å²) in [5, 5.41) is 13.8. The Morgan fingerprint density at radius 3 is 2.50 bits per heavy atom. The van der Waals surface area contributed by atoms with E-state index in [1.54, 1.807) is 0 Å². The van der Waals surface area contributed by atoms with Crippen LogP contribution in [0.4, 0.5) is 11.4 Å². The number of rotatable bonds is 7. The number of non-ortho nitro benzene ring substituents is 1. The number of nitrogens with zero attached hydrogens (tertiary/aromatic N) is 3. The van der Waals surface area contributed by atoms with Gasteiger partial charge in [-0.15, -0.1) is 0 Å². The Bertz CT molecular complexity index is 820. The number of nitrogens with one attached hydrogen (secondary N) is 1. The molecule has 3 rings (SSSR count). The first kappa shape index (κ1) is 19.6. The molecule has 0 unspecified atom stereocenters. The van der Waals surface area contributed by atoms with Crippen LogP contribution in [0.1, 0.15) is 10.4 Å². The lowest BCUT2D eigenvalue weighted by Gasteiger charge is -2.36. The number of nitro benzene ring substituents is 1. The molecule has 0 spiro atoms. The van der Waals surface area contributed by atoms with E-state index in [9.17, 15) is 14.9 Å². The lowest BCUT2D eigenvalue weighted by atomic mass is 10.1. The van der Waals surface area contributed by atoms with Crippen molar-refractivity contribution in [2.75, 3.05) is 51.3 Å². The molecule has 1 amide bonds. The van der Waals surface area contributed by atoms with E-state index in [0.29, 0.717) is 12.3 Å². The summed E-state index contributed by atoms with van der Waals surface area (Å²) < 4.78 is 5.15. The molecule has 1 fully saturated rings. The maximum absolute atomic E-state index is 12.4. The zero-order chi connectivity index (χ0) is 19.9. The highest BCUT2D eigenvalue weighted by molar-refractivity contribution is 5.97. The van der Waals surface area contributed by atoms with Gasteiger partial charge in [0.15, 0.2) is 0 Å². The predicted molar refractivity (Wildman–Crippen MR) is 107 cm³/mol. The highest BCUT2D eigenvalue weighted by atomic mass is 16.6. The van der Waals surface area contributed by atoms with Crippen molar-refractivity contribution >= 4 is 17.3 Å². The Hall–Kier alpha value is -3.13. The van der Waals surface area contributed by atoms with E-state index in [1.807, 2.05) is 18.2 Å². The molecule has 0 bridgehead atoms. The van der Waals surface area contributed by atoms with Crippen LogP contribution in [0.2, 0.25) is 0 Å². The van der Waals surface area contributed by atoms with Crippen LogP contribution in [0, 0.1) is 10.1 Å². The summed E-state index contributed by atoms with van der Waals surface area (Å²) in [6, 6.07) is 14.3. The maximum atomic E-state index is 12.4. The van der Waals surface area contributed by atoms with Crippen molar-refractivity contribution in [3.63, 3.8) is 0 Å². The molecule has 1 aliphatic rings. The summed E-state index contributed by atoms with van der Waals surface area (Å²) in [6.07, 6.45) is 0. The third kappa shape index (κ3) is 4.77. The number of hydrogen-bond acceptors (Lipinski definition) is 6. The largest absolute Gasteiger partial charge is 0.496 e. The highest BCUT2D eigenvalue weighted by Gasteiger charge is 2.19. The van der Waals surface area contributed by atoms with Crippen LogP contribution in [0.25, 0.3) is 0 Å². The SMILES string of the molecule is COc1ccc([N+](=O)[O-])cc1C(=O)NCCN1CCN(c2ccccc2)CC1. The van der Waals surface area contributed by atoms with Crippen molar-refractivity contribution in [1.82, 2.24) is 10.2 Å². The van der Waals surface area contributed by atoms with Crippen LogP contribution in [-0.4, -0.2) is 62.1 Å². The van der Waals surface area contributed by atoms with Crippen molar-refractivity contribution in [2.45, 2.75) is 0 Å².